The van der Waals surface area contributed by atoms with Crippen LogP contribution in [-0.2, 0) is 9.53 Å². The summed E-state index contributed by atoms with van der Waals surface area (Å²) in [7, 11) is 1.63. The zero-order chi connectivity index (χ0) is 20.9. The Bertz CT molecular complexity index is 665. The van der Waals surface area contributed by atoms with Crippen molar-refractivity contribution < 1.29 is 14.3 Å². The third-order valence-electron chi connectivity index (χ3n) is 4.30. The van der Waals surface area contributed by atoms with Gasteiger partial charge < -0.3 is 25.8 Å². The molecule has 0 bridgehead atoms. The zero-order valence-corrected chi connectivity index (χ0v) is 17.5. The van der Waals surface area contributed by atoms with Gasteiger partial charge in [-0.05, 0) is 19.1 Å². The van der Waals surface area contributed by atoms with Crippen LogP contribution in [0, 0.1) is 0 Å². The average molecular weight is 391 g/mol. The Morgan fingerprint density at radius 3 is 2.39 bits per heavy atom. The van der Waals surface area contributed by atoms with Crippen LogP contribution in [0.2, 0.25) is 0 Å². The summed E-state index contributed by atoms with van der Waals surface area (Å²) in [5, 5.41) is 0. The Balaban J connectivity index is 0.00000190. The molecule has 1 fully saturated rings. The Morgan fingerprint density at radius 2 is 1.82 bits per heavy atom. The minimum Gasteiger partial charge on any atom is -0.496 e. The molecule has 0 aliphatic carbocycles. The lowest BCUT2D eigenvalue weighted by Gasteiger charge is -2.35. The second kappa shape index (κ2) is 12.7. The van der Waals surface area contributed by atoms with Crippen molar-refractivity contribution in [2.45, 2.75) is 20.8 Å². The van der Waals surface area contributed by atoms with Crippen LogP contribution in [0.4, 0.5) is 0 Å². The number of benzene rings is 1. The van der Waals surface area contributed by atoms with E-state index in [1.54, 1.807) is 7.11 Å². The molecule has 1 saturated heterocycles. The van der Waals surface area contributed by atoms with Crippen molar-refractivity contribution in [3.8, 4) is 5.75 Å². The van der Waals surface area contributed by atoms with Gasteiger partial charge in [-0.15, -0.1) is 0 Å². The predicted octanol–water partition coefficient (Wildman–Crippen LogP) is 2.00. The number of carbonyl (C=O) groups is 1. The molecular weight excluding hydrogens is 356 g/mol. The molecule has 1 aliphatic heterocycles. The SMILES string of the molecule is CC.CCOC(=O)CN1CCN(/C(N)=C/C(=C\N)c2ccccc2OC)CC1. The molecule has 0 radical (unpaired) electrons. The molecule has 156 valence electrons. The van der Waals surface area contributed by atoms with Gasteiger partial charge in [-0.25, -0.2) is 0 Å². The molecule has 7 nitrogen and oxygen atoms in total. The largest absolute Gasteiger partial charge is 0.496 e. The summed E-state index contributed by atoms with van der Waals surface area (Å²) in [6, 6.07) is 7.67. The minimum absolute atomic E-state index is 0.186. The molecule has 0 saturated carbocycles. The van der Waals surface area contributed by atoms with E-state index < -0.39 is 0 Å². The Morgan fingerprint density at radius 1 is 1.18 bits per heavy atom. The van der Waals surface area contributed by atoms with Crippen LogP contribution in [0.15, 0.2) is 42.4 Å². The van der Waals surface area contributed by atoms with E-state index in [2.05, 4.69) is 9.80 Å². The molecule has 0 amide bonds. The number of methoxy groups -OCH3 is 1. The number of para-hydroxylation sites is 1. The number of nitrogens with zero attached hydrogens (tertiary/aromatic N) is 2. The number of rotatable bonds is 7. The van der Waals surface area contributed by atoms with E-state index in [9.17, 15) is 4.79 Å². The second-order valence-electron chi connectivity index (χ2n) is 5.96. The standard InChI is InChI=1S/C19H28N4O3.C2H6/c1-3-26-19(24)14-22-8-10-23(11-9-22)18(21)12-15(13-20)16-6-4-5-7-17(16)25-2;1-2/h4-7,12-13H,3,8-11,14,20-21H2,1-2H3;1-2H3/b15-13+,18-12+;. The third kappa shape index (κ3) is 6.81. The first-order valence-electron chi connectivity index (χ1n) is 9.74. The lowest BCUT2D eigenvalue weighted by Crippen LogP contribution is -2.48. The highest BCUT2D eigenvalue weighted by molar-refractivity contribution is 5.77. The number of carbonyl (C=O) groups excluding carboxylic acids is 1. The smallest absolute Gasteiger partial charge is 0.320 e. The van der Waals surface area contributed by atoms with Crippen LogP contribution >= 0.6 is 0 Å². The van der Waals surface area contributed by atoms with Gasteiger partial charge in [0.25, 0.3) is 0 Å². The van der Waals surface area contributed by atoms with Gasteiger partial charge in [-0.3, -0.25) is 9.69 Å². The summed E-state index contributed by atoms with van der Waals surface area (Å²) < 4.78 is 10.4. The first-order chi connectivity index (χ1) is 13.6. The maximum Gasteiger partial charge on any atom is 0.320 e. The van der Waals surface area contributed by atoms with Crippen molar-refractivity contribution in [3.05, 3.63) is 47.9 Å². The van der Waals surface area contributed by atoms with E-state index in [4.69, 9.17) is 20.9 Å². The number of allylic oxidation sites excluding steroid dienone is 2. The topological polar surface area (TPSA) is 94.0 Å². The summed E-state index contributed by atoms with van der Waals surface area (Å²) in [4.78, 5) is 15.7. The molecule has 1 aromatic rings. The molecule has 4 N–H and O–H groups in total. The molecular formula is C21H34N4O3. The quantitative estimate of drug-likeness (QED) is 0.543. The monoisotopic (exact) mass is 390 g/mol. The summed E-state index contributed by atoms with van der Waals surface area (Å²) in [6.07, 6.45) is 3.39. The zero-order valence-electron chi connectivity index (χ0n) is 17.5. The molecule has 1 aliphatic rings. The highest BCUT2D eigenvalue weighted by Crippen LogP contribution is 2.26. The van der Waals surface area contributed by atoms with E-state index in [1.165, 1.54) is 6.20 Å². The van der Waals surface area contributed by atoms with Crippen LogP contribution < -0.4 is 16.2 Å². The Kier molecular flexibility index (Phi) is 10.6. The highest BCUT2D eigenvalue weighted by Gasteiger charge is 2.20. The fourth-order valence-electron chi connectivity index (χ4n) is 2.90. The molecule has 7 heteroatoms. The van der Waals surface area contributed by atoms with E-state index in [0.717, 1.165) is 43.1 Å². The predicted molar refractivity (Wildman–Crippen MR) is 113 cm³/mol. The molecule has 0 aromatic heterocycles. The number of ether oxygens (including phenoxy) is 2. The maximum absolute atomic E-state index is 11.6. The lowest BCUT2D eigenvalue weighted by atomic mass is 10.1. The lowest BCUT2D eigenvalue weighted by molar-refractivity contribution is -0.144. The fourth-order valence-corrected chi connectivity index (χ4v) is 2.90. The molecule has 0 spiro atoms. The van der Waals surface area contributed by atoms with Crippen molar-refractivity contribution in [1.82, 2.24) is 9.80 Å². The average Bonchev–Trinajstić information content (AvgIpc) is 2.74. The molecule has 28 heavy (non-hydrogen) atoms. The van der Waals surface area contributed by atoms with Gasteiger partial charge in [0.05, 0.1) is 26.1 Å². The summed E-state index contributed by atoms with van der Waals surface area (Å²) >= 11 is 0. The third-order valence-corrected chi connectivity index (χ3v) is 4.30. The normalized spacial score (nSPS) is 15.5. The molecule has 0 atom stereocenters. The van der Waals surface area contributed by atoms with Gasteiger partial charge in [0.15, 0.2) is 0 Å². The molecule has 0 unspecified atom stereocenters. The van der Waals surface area contributed by atoms with Gasteiger partial charge in [-0.2, -0.15) is 0 Å². The number of nitrogens with two attached hydrogens (primary N) is 2. The van der Waals surface area contributed by atoms with Gasteiger partial charge in [0.1, 0.15) is 5.75 Å². The van der Waals surface area contributed by atoms with Crippen LogP contribution in [0.25, 0.3) is 5.57 Å². The van der Waals surface area contributed by atoms with Crippen LogP contribution in [-0.4, -0.2) is 62.2 Å². The first kappa shape index (κ1) is 23.4. The van der Waals surface area contributed by atoms with Gasteiger partial charge in [-0.1, -0.05) is 32.0 Å². The van der Waals surface area contributed by atoms with Gasteiger partial charge in [0.2, 0.25) is 0 Å². The Hall–Kier alpha value is -2.67. The summed E-state index contributed by atoms with van der Waals surface area (Å²) in [5.41, 5.74) is 13.8. The molecule has 1 aromatic carbocycles. The minimum atomic E-state index is -0.186. The Labute approximate surface area is 168 Å². The van der Waals surface area contributed by atoms with E-state index in [0.29, 0.717) is 19.0 Å². The van der Waals surface area contributed by atoms with Crippen molar-refractivity contribution in [1.29, 1.82) is 0 Å². The molecule has 1 heterocycles. The van der Waals surface area contributed by atoms with Gasteiger partial charge >= 0.3 is 5.97 Å². The van der Waals surface area contributed by atoms with Crippen molar-refractivity contribution in [3.63, 3.8) is 0 Å². The van der Waals surface area contributed by atoms with E-state index in [1.807, 2.05) is 51.1 Å². The van der Waals surface area contributed by atoms with Crippen LogP contribution in [0.3, 0.4) is 0 Å². The maximum atomic E-state index is 11.6. The van der Waals surface area contributed by atoms with E-state index >= 15 is 0 Å². The van der Waals surface area contributed by atoms with Gasteiger partial charge in [0, 0.05) is 43.5 Å². The molecule has 2 rings (SSSR count). The summed E-state index contributed by atoms with van der Waals surface area (Å²) in [6.45, 7) is 9.53. The first-order valence-corrected chi connectivity index (χ1v) is 9.74. The number of esters is 1. The summed E-state index contributed by atoms with van der Waals surface area (Å²) in [5.74, 6) is 1.20. The van der Waals surface area contributed by atoms with Crippen LogP contribution in [0.5, 0.6) is 5.75 Å². The fraction of sp³-hybridized carbons (Fsp3) is 0.476. The van der Waals surface area contributed by atoms with Crippen LogP contribution in [0.1, 0.15) is 26.3 Å². The second-order valence-corrected chi connectivity index (χ2v) is 5.96. The number of hydrogen-bond acceptors (Lipinski definition) is 7. The van der Waals surface area contributed by atoms with Crippen molar-refractivity contribution >= 4 is 11.5 Å². The number of hydrogen-bond donors (Lipinski definition) is 2. The van der Waals surface area contributed by atoms with E-state index in [-0.39, 0.29) is 5.97 Å². The van der Waals surface area contributed by atoms with Crippen molar-refractivity contribution in [2.75, 3.05) is 46.4 Å². The van der Waals surface area contributed by atoms with Crippen molar-refractivity contribution in [2.24, 2.45) is 11.5 Å². The number of piperazine rings is 1. The highest BCUT2D eigenvalue weighted by atomic mass is 16.5.